The van der Waals surface area contributed by atoms with Crippen LogP contribution in [-0.4, -0.2) is 23.0 Å². The maximum Gasteiger partial charge on any atom is 0.416 e. The van der Waals surface area contributed by atoms with Gasteiger partial charge in [0.1, 0.15) is 0 Å². The molecule has 1 aromatic heterocycles. The molecule has 4 aromatic rings. The predicted molar refractivity (Wildman–Crippen MR) is 124 cm³/mol. The molecule has 0 aliphatic rings. The van der Waals surface area contributed by atoms with Gasteiger partial charge >= 0.3 is 18.4 Å². The van der Waals surface area contributed by atoms with Crippen LogP contribution >= 0.6 is 0 Å². The minimum Gasteiger partial charge on any atom is -0.392 e. The monoisotopic (exact) mass is 520 g/mol. The number of aromatic amines is 1. The Balaban J connectivity index is 1.69. The molecule has 5 nitrogen and oxygen atoms in total. The van der Waals surface area contributed by atoms with Gasteiger partial charge in [-0.25, -0.2) is 4.79 Å². The number of ether oxygens (including phenoxy) is 1. The van der Waals surface area contributed by atoms with Gasteiger partial charge in [0.15, 0.2) is 0 Å². The van der Waals surface area contributed by atoms with Crippen molar-refractivity contribution in [2.75, 3.05) is 7.05 Å². The molecule has 0 radical (unpaired) electrons. The highest BCUT2D eigenvalue weighted by molar-refractivity contribution is 5.99. The van der Waals surface area contributed by atoms with Crippen LogP contribution in [0.25, 0.3) is 21.9 Å². The maximum atomic E-state index is 13.2. The zero-order chi connectivity index (χ0) is 27.0. The fraction of sp³-hybridized carbons (Fsp3) is 0.154. The van der Waals surface area contributed by atoms with Crippen LogP contribution in [0.5, 0.6) is 5.88 Å². The Morgan fingerprint density at radius 3 is 1.95 bits per heavy atom. The maximum absolute atomic E-state index is 13.2. The van der Waals surface area contributed by atoms with Gasteiger partial charge in [0.2, 0.25) is 5.88 Å². The van der Waals surface area contributed by atoms with Gasteiger partial charge in [0.25, 0.3) is 5.56 Å². The van der Waals surface area contributed by atoms with Crippen LogP contribution in [-0.2, 0) is 18.9 Å². The Labute approximate surface area is 205 Å². The number of nitrogens with zero attached hydrogens (tertiary/aromatic N) is 1. The van der Waals surface area contributed by atoms with Crippen molar-refractivity contribution in [1.82, 2.24) is 9.88 Å². The largest absolute Gasteiger partial charge is 0.416 e. The van der Waals surface area contributed by atoms with Crippen molar-refractivity contribution in [1.29, 1.82) is 0 Å². The van der Waals surface area contributed by atoms with E-state index in [1.54, 1.807) is 54.6 Å². The molecule has 0 aliphatic carbocycles. The molecule has 1 amide bonds. The first kappa shape index (κ1) is 25.8. The summed E-state index contributed by atoms with van der Waals surface area (Å²) in [6.07, 6.45) is -11.1. The highest BCUT2D eigenvalue weighted by Crippen LogP contribution is 2.37. The van der Waals surface area contributed by atoms with E-state index >= 15 is 0 Å². The summed E-state index contributed by atoms with van der Waals surface area (Å²) in [7, 11) is 1.15. The van der Waals surface area contributed by atoms with Crippen LogP contribution in [0.2, 0.25) is 0 Å². The third-order valence-electron chi connectivity index (χ3n) is 5.53. The summed E-state index contributed by atoms with van der Waals surface area (Å²) in [5.41, 5.74) is -2.96. The molecule has 0 fully saturated rings. The molecule has 192 valence electrons. The first-order valence-corrected chi connectivity index (χ1v) is 10.8. The van der Waals surface area contributed by atoms with Crippen molar-refractivity contribution in [2.45, 2.75) is 18.9 Å². The van der Waals surface area contributed by atoms with Crippen molar-refractivity contribution in [2.24, 2.45) is 0 Å². The summed E-state index contributed by atoms with van der Waals surface area (Å²) < 4.78 is 84.5. The first-order chi connectivity index (χ1) is 17.3. The first-order valence-electron chi connectivity index (χ1n) is 10.8. The number of nitrogens with one attached hydrogen (secondary N) is 1. The van der Waals surface area contributed by atoms with Crippen molar-refractivity contribution >= 4 is 16.9 Å². The highest BCUT2D eigenvalue weighted by atomic mass is 19.4. The Morgan fingerprint density at radius 2 is 1.38 bits per heavy atom. The van der Waals surface area contributed by atoms with E-state index < -0.39 is 47.2 Å². The normalized spacial score (nSPS) is 12.0. The molecule has 37 heavy (non-hydrogen) atoms. The summed E-state index contributed by atoms with van der Waals surface area (Å²) in [6, 6.07) is 16.4. The number of rotatable bonds is 4. The lowest BCUT2D eigenvalue weighted by atomic mass is 10.0. The molecule has 0 saturated carbocycles. The number of carbonyl (C=O) groups is 1. The van der Waals surface area contributed by atoms with Crippen molar-refractivity contribution in [3.8, 4) is 17.0 Å². The predicted octanol–water partition coefficient (Wildman–Crippen LogP) is 6.86. The highest BCUT2D eigenvalue weighted by Gasteiger charge is 2.37. The summed E-state index contributed by atoms with van der Waals surface area (Å²) in [6.45, 7) is -0.621. The number of amides is 1. The second-order valence-electron chi connectivity index (χ2n) is 8.21. The molecule has 0 bridgehead atoms. The van der Waals surface area contributed by atoms with Crippen molar-refractivity contribution in [3.63, 3.8) is 0 Å². The molecular weight excluding hydrogens is 502 g/mol. The molecule has 0 spiro atoms. The molecule has 0 aliphatic heterocycles. The van der Waals surface area contributed by atoms with Gasteiger partial charge in [-0.05, 0) is 35.4 Å². The molecule has 1 heterocycles. The topological polar surface area (TPSA) is 62.4 Å². The quantitative estimate of drug-likeness (QED) is 0.299. The van der Waals surface area contributed by atoms with E-state index in [9.17, 15) is 35.9 Å². The fourth-order valence-corrected chi connectivity index (χ4v) is 3.84. The summed E-state index contributed by atoms with van der Waals surface area (Å²) >= 11 is 0. The number of fused-ring (bicyclic) bond motifs is 1. The van der Waals surface area contributed by atoms with Gasteiger partial charge in [0.05, 0.1) is 16.7 Å². The molecule has 11 heteroatoms. The SMILES string of the molecule is CN(Cc1cc(C(F)(F)F)cc(C(F)(F)F)c1)C(=O)Oc1[nH]c(=O)c2ccccc2c1-c1ccccc1. The molecule has 0 unspecified atom stereocenters. The minimum absolute atomic E-state index is 0.00771. The van der Waals surface area contributed by atoms with E-state index in [0.717, 1.165) is 11.9 Å². The third-order valence-corrected chi connectivity index (χ3v) is 5.53. The Hall–Kier alpha value is -4.28. The van der Waals surface area contributed by atoms with Crippen LogP contribution in [0, 0.1) is 0 Å². The summed E-state index contributed by atoms with van der Waals surface area (Å²) in [5.74, 6) is -0.216. The van der Waals surface area contributed by atoms with Crippen molar-refractivity contribution in [3.05, 3.63) is 99.8 Å². The molecule has 1 N–H and O–H groups in total. The molecular formula is C26H18F6N2O3. The average molecular weight is 520 g/mol. The van der Waals surface area contributed by atoms with Gasteiger partial charge in [0, 0.05) is 24.4 Å². The lowest BCUT2D eigenvalue weighted by Gasteiger charge is -2.20. The number of aromatic nitrogens is 1. The lowest BCUT2D eigenvalue weighted by molar-refractivity contribution is -0.143. The number of pyridine rings is 1. The summed E-state index contributed by atoms with van der Waals surface area (Å²) in [4.78, 5) is 28.8. The summed E-state index contributed by atoms with van der Waals surface area (Å²) in [5, 5.41) is 0.814. The number of hydrogen-bond donors (Lipinski definition) is 1. The van der Waals surface area contributed by atoms with E-state index in [1.165, 1.54) is 0 Å². The smallest absolute Gasteiger partial charge is 0.392 e. The van der Waals surface area contributed by atoms with Crippen LogP contribution in [0.3, 0.4) is 0 Å². The van der Waals surface area contributed by atoms with E-state index in [0.29, 0.717) is 34.0 Å². The standard InChI is InChI=1S/C26H18F6N2O3/c1-34(14-15-11-17(25(27,28)29)13-18(12-15)26(30,31)32)24(36)37-23-21(16-7-3-2-4-8-16)19-9-5-6-10-20(19)22(35)33-23/h2-13H,14H2,1H3,(H,33,35). The number of hydrogen-bond acceptors (Lipinski definition) is 3. The second-order valence-corrected chi connectivity index (χ2v) is 8.21. The number of alkyl halides is 6. The van der Waals surface area contributed by atoms with E-state index in [1.807, 2.05) is 0 Å². The number of halogens is 6. The Kier molecular flexibility index (Phi) is 6.72. The second kappa shape index (κ2) is 9.64. The van der Waals surface area contributed by atoms with E-state index in [2.05, 4.69) is 4.98 Å². The molecule has 3 aromatic carbocycles. The van der Waals surface area contributed by atoms with Crippen molar-refractivity contribution < 1.29 is 35.9 Å². The van der Waals surface area contributed by atoms with E-state index in [4.69, 9.17) is 4.74 Å². The van der Waals surface area contributed by atoms with Crippen LogP contribution in [0.15, 0.2) is 77.6 Å². The molecule has 0 saturated heterocycles. The Morgan fingerprint density at radius 1 is 0.838 bits per heavy atom. The lowest BCUT2D eigenvalue weighted by Crippen LogP contribution is -2.30. The van der Waals surface area contributed by atoms with Gasteiger partial charge in [-0.2, -0.15) is 26.3 Å². The van der Waals surface area contributed by atoms with Gasteiger partial charge in [-0.1, -0.05) is 48.5 Å². The van der Waals surface area contributed by atoms with Crippen LogP contribution in [0.1, 0.15) is 16.7 Å². The number of carbonyl (C=O) groups excluding carboxylic acids is 1. The molecule has 4 rings (SSSR count). The zero-order valence-electron chi connectivity index (χ0n) is 19.1. The van der Waals surface area contributed by atoms with Gasteiger partial charge < -0.3 is 9.64 Å². The fourth-order valence-electron chi connectivity index (χ4n) is 3.84. The van der Waals surface area contributed by atoms with Gasteiger partial charge in [-0.15, -0.1) is 0 Å². The van der Waals surface area contributed by atoms with E-state index in [-0.39, 0.29) is 11.9 Å². The Bertz CT molecular complexity index is 1480. The van der Waals surface area contributed by atoms with Gasteiger partial charge in [-0.3, -0.25) is 9.78 Å². The van der Waals surface area contributed by atoms with Crippen LogP contribution in [0.4, 0.5) is 31.1 Å². The third kappa shape index (κ3) is 5.60. The average Bonchev–Trinajstić information content (AvgIpc) is 2.83. The number of benzene rings is 3. The molecule has 0 atom stereocenters. The van der Waals surface area contributed by atoms with Crippen LogP contribution < -0.4 is 10.3 Å². The minimum atomic E-state index is -5.02. The zero-order valence-corrected chi connectivity index (χ0v) is 19.1. The number of H-pyrrole nitrogens is 1.